The van der Waals surface area contributed by atoms with Crippen LogP contribution in [0.25, 0.3) is 0 Å². The highest BCUT2D eigenvalue weighted by Gasteiger charge is 2.67. The van der Waals surface area contributed by atoms with Gasteiger partial charge in [0.05, 0.1) is 5.75 Å². The van der Waals surface area contributed by atoms with Gasteiger partial charge in [-0.25, -0.2) is 4.79 Å². The van der Waals surface area contributed by atoms with Crippen LogP contribution in [-0.4, -0.2) is 91.1 Å². The van der Waals surface area contributed by atoms with E-state index < -0.39 is 64.4 Å². The molecular formula is C13H19N5O10S. The van der Waals surface area contributed by atoms with Gasteiger partial charge in [-0.3, -0.25) is 34.6 Å². The lowest BCUT2D eigenvalue weighted by Gasteiger charge is -2.36. The van der Waals surface area contributed by atoms with Crippen LogP contribution in [0.4, 0.5) is 0 Å². The van der Waals surface area contributed by atoms with Crippen LogP contribution in [0.15, 0.2) is 0 Å². The van der Waals surface area contributed by atoms with Crippen molar-refractivity contribution in [2.24, 2.45) is 5.73 Å². The van der Waals surface area contributed by atoms with Crippen molar-refractivity contribution < 1.29 is 39.2 Å². The Morgan fingerprint density at radius 3 is 2.14 bits per heavy atom. The van der Waals surface area contributed by atoms with Crippen molar-refractivity contribution in [3.05, 3.63) is 20.2 Å². The molecule has 0 bridgehead atoms. The molecule has 29 heavy (non-hydrogen) atoms. The number of rotatable bonds is 12. The molecule has 1 aliphatic heterocycles. The van der Waals surface area contributed by atoms with Crippen LogP contribution >= 0.6 is 11.8 Å². The van der Waals surface area contributed by atoms with E-state index in [4.69, 9.17) is 15.9 Å². The van der Waals surface area contributed by atoms with Crippen LogP contribution in [0.3, 0.4) is 0 Å². The first kappa shape index (κ1) is 24.0. The number of hydrogen-bond donors (Lipinski definition) is 4. The summed E-state index contributed by atoms with van der Waals surface area (Å²) in [4.78, 5) is 65.8. The number of nitrogens with two attached hydrogens (primary N) is 1. The van der Waals surface area contributed by atoms with E-state index in [2.05, 4.69) is 5.32 Å². The minimum Gasteiger partial charge on any atom is -0.480 e. The Labute approximate surface area is 166 Å². The topological polar surface area (TPSA) is 236 Å². The fourth-order valence-electron chi connectivity index (χ4n) is 2.25. The first-order chi connectivity index (χ1) is 13.4. The van der Waals surface area contributed by atoms with Crippen molar-refractivity contribution >= 4 is 35.5 Å². The van der Waals surface area contributed by atoms with E-state index in [1.54, 1.807) is 0 Å². The smallest absolute Gasteiger partial charge is 0.480 e. The number of carboxylic acids is 2. The largest absolute Gasteiger partial charge is 0.492 e. The van der Waals surface area contributed by atoms with Crippen LogP contribution in [-0.2, 0) is 19.2 Å². The number of nitrogens with one attached hydrogen (secondary N) is 1. The minimum atomic E-state index is -2.42. The van der Waals surface area contributed by atoms with Gasteiger partial charge in [0.25, 0.3) is 0 Å². The lowest BCUT2D eigenvalue weighted by Crippen LogP contribution is -2.71. The summed E-state index contributed by atoms with van der Waals surface area (Å²) >= 11 is 0.818. The molecule has 2 amide bonds. The van der Waals surface area contributed by atoms with Crippen LogP contribution in [0.5, 0.6) is 0 Å². The van der Waals surface area contributed by atoms with E-state index >= 15 is 0 Å². The van der Waals surface area contributed by atoms with Crippen molar-refractivity contribution in [1.29, 1.82) is 0 Å². The maximum Gasteiger partial charge on any atom is 0.492 e. The van der Waals surface area contributed by atoms with E-state index in [1.165, 1.54) is 0 Å². The summed E-state index contributed by atoms with van der Waals surface area (Å²) in [6.07, 6.45) is -0.499. The normalized spacial score (nSPS) is 16.8. The fraction of sp³-hybridized carbons (Fsp3) is 0.692. The van der Waals surface area contributed by atoms with Crippen molar-refractivity contribution in [3.8, 4) is 0 Å². The number of thioether (sulfide) groups is 1. The van der Waals surface area contributed by atoms with E-state index in [0.29, 0.717) is 0 Å². The molecule has 15 nitrogen and oxygen atoms in total. The van der Waals surface area contributed by atoms with Gasteiger partial charge in [0.15, 0.2) is 13.1 Å². The second-order valence-electron chi connectivity index (χ2n) is 6.20. The molecule has 162 valence electrons. The van der Waals surface area contributed by atoms with Gasteiger partial charge in [0.2, 0.25) is 11.8 Å². The Morgan fingerprint density at radius 1 is 1.14 bits per heavy atom. The predicted octanol–water partition coefficient (Wildman–Crippen LogP) is -2.43. The number of nitrogens with zero attached hydrogens (tertiary/aromatic N) is 3. The summed E-state index contributed by atoms with van der Waals surface area (Å²) in [5.74, 6) is -4.57. The van der Waals surface area contributed by atoms with Crippen LogP contribution in [0, 0.1) is 20.2 Å². The van der Waals surface area contributed by atoms with E-state index in [9.17, 15) is 39.4 Å². The molecule has 1 rings (SSSR count). The molecule has 1 aliphatic rings. The first-order valence-corrected chi connectivity index (χ1v) is 9.21. The number of amides is 2. The summed E-state index contributed by atoms with van der Waals surface area (Å²) < 4.78 is 0. The van der Waals surface area contributed by atoms with Crippen LogP contribution < -0.4 is 11.1 Å². The zero-order valence-electron chi connectivity index (χ0n) is 14.9. The van der Waals surface area contributed by atoms with E-state index in [1.807, 2.05) is 0 Å². The highest BCUT2D eigenvalue weighted by molar-refractivity contribution is 8.00. The second kappa shape index (κ2) is 9.97. The maximum absolute atomic E-state index is 11.9. The monoisotopic (exact) mass is 437 g/mol. The Hall–Kier alpha value is -3.01. The lowest BCUT2D eigenvalue weighted by atomic mass is 10.0. The standard InChI is InChI=1S/C13H19N5O10S/c14-7(11(21)22)1-2-9(19)15-8(12(23)24)3-29-4-10(20)16-5-13(6-16,17(25)26)18(27)28/h7-8H,1-6,14H2,(H,15,19)(H,21,22)(H,23,24). The molecule has 0 radical (unpaired) electrons. The molecule has 0 aromatic carbocycles. The third kappa shape index (κ3) is 6.24. The van der Waals surface area contributed by atoms with Gasteiger partial charge < -0.3 is 26.2 Å². The lowest BCUT2D eigenvalue weighted by molar-refractivity contribution is -0.809. The van der Waals surface area contributed by atoms with Gasteiger partial charge >= 0.3 is 17.6 Å². The molecule has 16 heteroatoms. The highest BCUT2D eigenvalue weighted by Crippen LogP contribution is 2.25. The summed E-state index contributed by atoms with van der Waals surface area (Å²) in [5, 5.41) is 41.5. The summed E-state index contributed by atoms with van der Waals surface area (Å²) in [5.41, 5.74) is 2.82. The average Bonchev–Trinajstić information content (AvgIpc) is 2.56. The molecule has 0 spiro atoms. The van der Waals surface area contributed by atoms with Gasteiger partial charge in [0, 0.05) is 12.2 Å². The molecule has 5 N–H and O–H groups in total. The van der Waals surface area contributed by atoms with Crippen LogP contribution in [0.1, 0.15) is 12.8 Å². The average molecular weight is 437 g/mol. The third-order valence-electron chi connectivity index (χ3n) is 4.06. The van der Waals surface area contributed by atoms with Crippen molar-refractivity contribution in [2.45, 2.75) is 30.6 Å². The minimum absolute atomic E-state index is 0.192. The SMILES string of the molecule is NC(CCC(=O)NC(CSCC(=O)N1CC([N+](=O)[O-])([N+](=O)[O-])C1)C(=O)O)C(=O)O. The Bertz CT molecular complexity index is 694. The van der Waals surface area contributed by atoms with Gasteiger partial charge in [-0.1, -0.05) is 0 Å². The number of aliphatic carboxylic acids is 2. The van der Waals surface area contributed by atoms with Gasteiger partial charge in [-0.05, 0) is 6.42 Å². The van der Waals surface area contributed by atoms with E-state index in [-0.39, 0.29) is 24.3 Å². The number of nitro groups is 2. The van der Waals surface area contributed by atoms with Gasteiger partial charge in [-0.2, -0.15) is 0 Å². The number of carbonyl (C=O) groups is 4. The van der Waals surface area contributed by atoms with E-state index in [0.717, 1.165) is 16.7 Å². The van der Waals surface area contributed by atoms with Crippen molar-refractivity contribution in [1.82, 2.24) is 10.2 Å². The fourth-order valence-corrected chi connectivity index (χ4v) is 3.18. The molecule has 1 fully saturated rings. The zero-order chi connectivity index (χ0) is 22.4. The number of likely N-dealkylation sites (tertiary alicyclic amines) is 1. The Morgan fingerprint density at radius 2 is 1.69 bits per heavy atom. The third-order valence-corrected chi connectivity index (χ3v) is 5.08. The zero-order valence-corrected chi connectivity index (χ0v) is 15.7. The Kier molecular flexibility index (Phi) is 8.26. The number of carboxylic acid groups (broad SMARTS) is 2. The molecule has 0 saturated carbocycles. The second-order valence-corrected chi connectivity index (χ2v) is 7.23. The summed E-state index contributed by atoms with van der Waals surface area (Å²) in [7, 11) is 0. The van der Waals surface area contributed by atoms with Crippen LogP contribution in [0.2, 0.25) is 0 Å². The molecule has 2 atom stereocenters. The molecule has 1 heterocycles. The Balaban J connectivity index is 2.43. The molecule has 2 unspecified atom stereocenters. The molecule has 0 aromatic rings. The molecule has 0 aromatic heterocycles. The number of hydrogen-bond acceptors (Lipinski definition) is 10. The quantitative estimate of drug-likeness (QED) is 0.142. The number of carbonyl (C=O) groups excluding carboxylic acids is 2. The molecular weight excluding hydrogens is 418 g/mol. The first-order valence-electron chi connectivity index (χ1n) is 8.05. The predicted molar refractivity (Wildman–Crippen MR) is 95.0 cm³/mol. The van der Waals surface area contributed by atoms with Crippen molar-refractivity contribution in [2.75, 3.05) is 24.6 Å². The van der Waals surface area contributed by atoms with Gasteiger partial charge in [-0.15, -0.1) is 11.8 Å². The summed E-state index contributed by atoms with van der Waals surface area (Å²) in [6, 6.07) is -2.63. The summed E-state index contributed by atoms with van der Waals surface area (Å²) in [6.45, 7) is -1.37. The molecule has 0 aliphatic carbocycles. The maximum atomic E-state index is 11.9. The highest BCUT2D eigenvalue weighted by atomic mass is 32.2. The van der Waals surface area contributed by atoms with Gasteiger partial charge in [0.1, 0.15) is 21.9 Å². The molecule has 1 saturated heterocycles. The van der Waals surface area contributed by atoms with Crippen molar-refractivity contribution in [3.63, 3.8) is 0 Å².